The lowest BCUT2D eigenvalue weighted by molar-refractivity contribution is 0.503. The Bertz CT molecular complexity index is 583. The predicted octanol–water partition coefficient (Wildman–Crippen LogP) is 5.34. The van der Waals surface area contributed by atoms with Crippen molar-refractivity contribution in [2.24, 2.45) is 0 Å². The van der Waals surface area contributed by atoms with Gasteiger partial charge in [0.2, 0.25) is 0 Å². The maximum absolute atomic E-state index is 13.3. The number of rotatable bonds is 5. The zero-order chi connectivity index (χ0) is 14.7. The van der Waals surface area contributed by atoms with Gasteiger partial charge in [0.25, 0.3) is 0 Å². The summed E-state index contributed by atoms with van der Waals surface area (Å²) in [5.41, 5.74) is 0.746. The first-order valence-corrected chi connectivity index (χ1v) is 8.12. The molecule has 2 aromatic rings. The molecule has 0 saturated heterocycles. The molecular formula is C14H13BrClF2NS. The summed E-state index contributed by atoms with van der Waals surface area (Å²) in [5, 5.41) is 3.34. The fourth-order valence-corrected chi connectivity index (χ4v) is 3.77. The van der Waals surface area contributed by atoms with Crippen molar-refractivity contribution in [3.05, 3.63) is 55.1 Å². The van der Waals surface area contributed by atoms with E-state index in [-0.39, 0.29) is 6.04 Å². The Morgan fingerprint density at radius 3 is 2.60 bits per heavy atom. The van der Waals surface area contributed by atoms with Crippen molar-refractivity contribution in [3.63, 3.8) is 0 Å². The highest BCUT2D eigenvalue weighted by Crippen LogP contribution is 2.36. The van der Waals surface area contributed by atoms with E-state index in [0.29, 0.717) is 10.8 Å². The molecule has 1 aromatic carbocycles. The smallest absolute Gasteiger partial charge is 0.159 e. The molecular weight excluding hydrogens is 368 g/mol. The molecule has 0 aliphatic carbocycles. The van der Waals surface area contributed by atoms with E-state index in [1.54, 1.807) is 6.07 Å². The molecule has 0 amide bonds. The molecule has 108 valence electrons. The molecule has 0 spiro atoms. The third-order valence-electron chi connectivity index (χ3n) is 2.88. The maximum Gasteiger partial charge on any atom is 0.159 e. The Balaban J connectivity index is 2.22. The molecule has 2 rings (SSSR count). The molecule has 0 aliphatic heterocycles. The molecule has 0 fully saturated rings. The zero-order valence-electron chi connectivity index (χ0n) is 10.7. The first-order valence-electron chi connectivity index (χ1n) is 6.13. The zero-order valence-corrected chi connectivity index (χ0v) is 13.9. The standard InChI is InChI=1S/C14H13BrClF2NS/c1-2-19-12(13-7-9(15)14(16)20-13)6-8-3-4-10(17)11(18)5-8/h3-5,7,12,19H,2,6H2,1H3. The van der Waals surface area contributed by atoms with E-state index in [2.05, 4.69) is 21.2 Å². The van der Waals surface area contributed by atoms with Crippen LogP contribution >= 0.6 is 38.9 Å². The second kappa shape index (κ2) is 6.98. The molecule has 0 saturated carbocycles. The molecule has 1 nitrogen and oxygen atoms in total. The van der Waals surface area contributed by atoms with Crippen LogP contribution in [0, 0.1) is 11.6 Å². The number of hydrogen-bond donors (Lipinski definition) is 1. The average Bonchev–Trinajstić information content (AvgIpc) is 2.73. The number of benzene rings is 1. The van der Waals surface area contributed by atoms with E-state index in [4.69, 9.17) is 11.6 Å². The summed E-state index contributed by atoms with van der Waals surface area (Å²) in [6.45, 7) is 2.78. The Hall–Kier alpha value is -0.490. The molecule has 0 aliphatic rings. The molecule has 0 radical (unpaired) electrons. The summed E-state index contributed by atoms with van der Waals surface area (Å²) in [6.07, 6.45) is 0.578. The molecule has 0 bridgehead atoms. The minimum atomic E-state index is -0.823. The normalized spacial score (nSPS) is 12.7. The summed E-state index contributed by atoms with van der Waals surface area (Å²) >= 11 is 10.9. The van der Waals surface area contributed by atoms with Crippen molar-refractivity contribution < 1.29 is 8.78 Å². The Morgan fingerprint density at radius 2 is 2.05 bits per heavy atom. The lowest BCUT2D eigenvalue weighted by atomic mass is 10.0. The summed E-state index contributed by atoms with van der Waals surface area (Å²) in [6, 6.07) is 5.99. The van der Waals surface area contributed by atoms with Crippen molar-refractivity contribution in [3.8, 4) is 0 Å². The minimum absolute atomic E-state index is 0.0265. The van der Waals surface area contributed by atoms with Gasteiger partial charge in [-0.05, 0) is 52.7 Å². The van der Waals surface area contributed by atoms with Gasteiger partial charge in [0.05, 0.1) is 0 Å². The van der Waals surface area contributed by atoms with Crippen molar-refractivity contribution >= 4 is 38.9 Å². The largest absolute Gasteiger partial charge is 0.309 e. The average molecular weight is 381 g/mol. The van der Waals surface area contributed by atoms with Crippen LogP contribution in [0.5, 0.6) is 0 Å². The number of halogens is 4. The number of thiophene rings is 1. The molecule has 1 heterocycles. The Kier molecular flexibility index (Phi) is 5.55. The third-order valence-corrected chi connectivity index (χ3v) is 5.47. The van der Waals surface area contributed by atoms with Crippen molar-refractivity contribution in [2.45, 2.75) is 19.4 Å². The molecule has 1 atom stereocenters. The molecule has 1 N–H and O–H groups in total. The van der Waals surface area contributed by atoms with Crippen LogP contribution in [0.3, 0.4) is 0 Å². The lowest BCUT2D eigenvalue weighted by Crippen LogP contribution is -2.22. The highest BCUT2D eigenvalue weighted by atomic mass is 79.9. The van der Waals surface area contributed by atoms with Crippen LogP contribution in [0.25, 0.3) is 0 Å². The number of nitrogens with one attached hydrogen (secondary N) is 1. The first-order chi connectivity index (χ1) is 9.51. The molecule has 6 heteroatoms. The van der Waals surface area contributed by atoms with Gasteiger partial charge in [-0.1, -0.05) is 24.6 Å². The van der Waals surface area contributed by atoms with E-state index < -0.39 is 11.6 Å². The van der Waals surface area contributed by atoms with E-state index >= 15 is 0 Å². The number of likely N-dealkylation sites (N-methyl/N-ethyl adjacent to an activating group) is 1. The molecule has 20 heavy (non-hydrogen) atoms. The number of hydrogen-bond acceptors (Lipinski definition) is 2. The van der Waals surface area contributed by atoms with Crippen LogP contribution in [0.2, 0.25) is 4.34 Å². The van der Waals surface area contributed by atoms with Crippen molar-refractivity contribution in [2.75, 3.05) is 6.54 Å². The summed E-state index contributed by atoms with van der Waals surface area (Å²) in [4.78, 5) is 1.06. The second-order valence-electron chi connectivity index (χ2n) is 4.33. The van der Waals surface area contributed by atoms with E-state index in [0.717, 1.165) is 27.5 Å². The van der Waals surface area contributed by atoms with Crippen LogP contribution in [-0.4, -0.2) is 6.54 Å². The summed E-state index contributed by atoms with van der Waals surface area (Å²) in [7, 11) is 0. The Morgan fingerprint density at radius 1 is 1.30 bits per heavy atom. The van der Waals surface area contributed by atoms with E-state index in [9.17, 15) is 8.78 Å². The van der Waals surface area contributed by atoms with E-state index in [1.165, 1.54) is 17.4 Å². The van der Waals surface area contributed by atoms with Crippen LogP contribution in [0.15, 0.2) is 28.7 Å². The summed E-state index contributed by atoms with van der Waals surface area (Å²) < 4.78 is 27.8. The Labute approximate surface area is 134 Å². The van der Waals surface area contributed by atoms with E-state index in [1.807, 2.05) is 13.0 Å². The van der Waals surface area contributed by atoms with Crippen LogP contribution < -0.4 is 5.32 Å². The van der Waals surface area contributed by atoms with Gasteiger partial charge < -0.3 is 5.32 Å². The van der Waals surface area contributed by atoms with Crippen LogP contribution in [0.4, 0.5) is 8.78 Å². The third kappa shape index (κ3) is 3.79. The lowest BCUT2D eigenvalue weighted by Gasteiger charge is -2.16. The summed E-state index contributed by atoms with van der Waals surface area (Å²) in [5.74, 6) is -1.64. The second-order valence-corrected chi connectivity index (χ2v) is 6.87. The topological polar surface area (TPSA) is 12.0 Å². The van der Waals surface area contributed by atoms with Gasteiger partial charge in [0, 0.05) is 15.4 Å². The van der Waals surface area contributed by atoms with Gasteiger partial charge >= 0.3 is 0 Å². The molecule has 1 unspecified atom stereocenters. The van der Waals surface area contributed by atoms with Gasteiger partial charge in [-0.3, -0.25) is 0 Å². The quantitative estimate of drug-likeness (QED) is 0.738. The predicted molar refractivity (Wildman–Crippen MR) is 83.5 cm³/mol. The molecule has 1 aromatic heterocycles. The SMILES string of the molecule is CCNC(Cc1ccc(F)c(F)c1)c1cc(Br)c(Cl)s1. The fourth-order valence-electron chi connectivity index (χ4n) is 1.96. The van der Waals surface area contributed by atoms with Crippen molar-refractivity contribution in [1.29, 1.82) is 0 Å². The van der Waals surface area contributed by atoms with Crippen LogP contribution in [-0.2, 0) is 6.42 Å². The monoisotopic (exact) mass is 379 g/mol. The van der Waals surface area contributed by atoms with Gasteiger partial charge in [-0.15, -0.1) is 11.3 Å². The van der Waals surface area contributed by atoms with Gasteiger partial charge in [0.1, 0.15) is 4.34 Å². The fraction of sp³-hybridized carbons (Fsp3) is 0.286. The van der Waals surface area contributed by atoms with Gasteiger partial charge in [0.15, 0.2) is 11.6 Å². The van der Waals surface area contributed by atoms with Crippen molar-refractivity contribution in [1.82, 2.24) is 5.32 Å². The highest BCUT2D eigenvalue weighted by Gasteiger charge is 2.16. The minimum Gasteiger partial charge on any atom is -0.309 e. The highest BCUT2D eigenvalue weighted by molar-refractivity contribution is 9.10. The van der Waals surface area contributed by atoms with Crippen LogP contribution in [0.1, 0.15) is 23.4 Å². The maximum atomic E-state index is 13.3. The van der Waals surface area contributed by atoms with Gasteiger partial charge in [-0.2, -0.15) is 0 Å². The van der Waals surface area contributed by atoms with Gasteiger partial charge in [-0.25, -0.2) is 8.78 Å². The first kappa shape index (κ1) is 15.9.